The molecule has 2 aromatic carbocycles. The number of fused-ring (bicyclic) bond motifs is 1. The fourth-order valence-corrected chi connectivity index (χ4v) is 7.26. The van der Waals surface area contributed by atoms with Crippen molar-refractivity contribution in [2.45, 2.75) is 114 Å². The van der Waals surface area contributed by atoms with Gasteiger partial charge in [0.2, 0.25) is 6.11 Å². The van der Waals surface area contributed by atoms with Crippen LogP contribution >= 0.6 is 0 Å². The number of nitro groups is 2. The van der Waals surface area contributed by atoms with Gasteiger partial charge >= 0.3 is 253 Å². The van der Waals surface area contributed by atoms with Crippen LogP contribution in [0, 0.1) is 20.2 Å². The van der Waals surface area contributed by atoms with Crippen molar-refractivity contribution in [3.63, 3.8) is 0 Å². The largest absolute Gasteiger partial charge is 0.795 e. The number of benzene rings is 2. The van der Waals surface area contributed by atoms with Crippen LogP contribution in [0.25, 0.3) is 0 Å². The van der Waals surface area contributed by atoms with Crippen LogP contribution in [-0.4, -0.2) is 76.0 Å². The number of hydrogen-bond acceptors (Lipinski definition) is 7. The van der Waals surface area contributed by atoms with E-state index in [1.54, 1.807) is 12.4 Å². The number of phenolic OH excluding ortho intramolecular Hbond substituents is 2. The van der Waals surface area contributed by atoms with Crippen LogP contribution in [0.1, 0.15) is 89.5 Å². The van der Waals surface area contributed by atoms with Crippen LogP contribution in [0.5, 0.6) is 11.5 Å². The van der Waals surface area contributed by atoms with Crippen molar-refractivity contribution in [3.05, 3.63) is 66.7 Å². The first-order chi connectivity index (χ1) is 23.8. The van der Waals surface area contributed by atoms with E-state index in [-0.39, 0.29) is 35.0 Å². The molecule has 0 spiro atoms. The molecule has 0 amide bonds. The quantitative estimate of drug-likeness (QED) is 0.186. The Bertz CT molecular complexity index is 1670. The van der Waals surface area contributed by atoms with Crippen molar-refractivity contribution < 1.29 is 87.1 Å². The van der Waals surface area contributed by atoms with Gasteiger partial charge in [-0.1, -0.05) is 0 Å². The fourth-order valence-electron chi connectivity index (χ4n) is 5.64. The molecule has 21 heteroatoms. The van der Waals surface area contributed by atoms with Crippen molar-refractivity contribution in [1.82, 2.24) is 0 Å². The molecule has 2 N–H and O–H groups in total. The zero-order chi connectivity index (χ0) is 40.9. The molecule has 1 saturated heterocycles. The van der Waals surface area contributed by atoms with Crippen molar-refractivity contribution in [3.8, 4) is 11.5 Å². The van der Waals surface area contributed by atoms with E-state index in [9.17, 15) is 75.1 Å². The summed E-state index contributed by atoms with van der Waals surface area (Å²) in [5, 5.41) is 54.9. The SMILES string of the molecule is CC(C)(C)c1cc([N+](=O)[O-])cc(C=[N+]2[Co][N+](=Cc3cc([N+](=O)[O-])cc(C(C)(C)C)c3O)C3CCCCC32)c1O.[O-]C(F)(F)C(F)(C(F)(F)F)C(F)(F)F. The molecule has 1 heterocycles. The number of non-ortho nitro benzene ring substituents is 2. The van der Waals surface area contributed by atoms with Gasteiger partial charge in [0.25, 0.3) is 0 Å². The minimum atomic E-state index is -7.08. The molecule has 2 aromatic rings. The molecular weight excluding hydrogens is 782 g/mol. The van der Waals surface area contributed by atoms with Gasteiger partial charge in [-0.25, -0.2) is 13.2 Å². The van der Waals surface area contributed by atoms with Crippen molar-refractivity contribution >= 4 is 23.8 Å². The standard InChI is InChI=1S/C28H36N4O6.C4F9O.Co/c1-27(2,3)21-13-19(31(35)36)11-17(25(21)33)15-29-23-9-7-8-10-24(23)30-16-18-12-20(32(37)38)14-22(26(18)34)28(4,5)6;5-1(2(6,7)8,3(9,10)11)4(12,13)14;/h11-16,23-24,33-34H,7-10H2,1-6H3;;/q;-1;+2. The average Bonchev–Trinajstić information content (AvgIpc) is 3.32. The molecule has 2 atom stereocenters. The molecule has 4 rings (SSSR count). The molecule has 297 valence electrons. The molecule has 0 aromatic heterocycles. The summed E-state index contributed by atoms with van der Waals surface area (Å²) in [5.74, 6) is 0.0345. The number of alkyl halides is 9. The van der Waals surface area contributed by atoms with Gasteiger partial charge in [0.1, 0.15) is 0 Å². The first kappa shape index (κ1) is 43.4. The maximum atomic E-state index is 12.0. The molecule has 2 aliphatic rings. The van der Waals surface area contributed by atoms with E-state index in [1.165, 1.54) is 24.3 Å². The van der Waals surface area contributed by atoms with Crippen molar-refractivity contribution in [1.29, 1.82) is 0 Å². The van der Waals surface area contributed by atoms with Gasteiger partial charge in [0, 0.05) is 0 Å². The fraction of sp³-hybridized carbons (Fsp3) is 0.562. The van der Waals surface area contributed by atoms with Gasteiger partial charge in [0.15, 0.2) is 0 Å². The zero-order valence-corrected chi connectivity index (χ0v) is 29.9. The second kappa shape index (κ2) is 14.7. The topological polar surface area (TPSA) is 156 Å². The smallest absolute Gasteiger partial charge is 0.436 e. The summed E-state index contributed by atoms with van der Waals surface area (Å²) >= 11 is 0.772. The van der Waals surface area contributed by atoms with E-state index in [2.05, 4.69) is 7.25 Å². The third-order valence-corrected chi connectivity index (χ3v) is 9.87. The second-order valence-electron chi connectivity index (χ2n) is 14.4. The van der Waals surface area contributed by atoms with Crippen LogP contribution < -0.4 is 5.11 Å². The van der Waals surface area contributed by atoms with Gasteiger partial charge in [-0.3, -0.25) is 0 Å². The van der Waals surface area contributed by atoms with Gasteiger partial charge in [-0.15, -0.1) is 0 Å². The van der Waals surface area contributed by atoms with Crippen LogP contribution in [0.15, 0.2) is 24.3 Å². The molecule has 0 bridgehead atoms. The molecule has 1 aliphatic carbocycles. The van der Waals surface area contributed by atoms with Crippen LogP contribution in [0.3, 0.4) is 0 Å². The summed E-state index contributed by atoms with van der Waals surface area (Å²) < 4.78 is 107. The Labute approximate surface area is 303 Å². The van der Waals surface area contributed by atoms with E-state index >= 15 is 0 Å². The number of phenols is 2. The Morgan fingerprint density at radius 2 is 1.00 bits per heavy atom. The number of halogens is 9. The number of nitrogens with zero attached hydrogens (tertiary/aromatic N) is 4. The second-order valence-corrected chi connectivity index (χ2v) is 15.7. The Hall–Kier alpha value is -3.98. The van der Waals surface area contributed by atoms with Crippen LogP contribution in [-0.2, 0) is 26.0 Å². The Morgan fingerprint density at radius 3 is 1.23 bits per heavy atom. The molecule has 1 saturated carbocycles. The molecule has 11 nitrogen and oxygen atoms in total. The molecule has 1 aliphatic heterocycles. The van der Waals surface area contributed by atoms with E-state index in [0.717, 1.165) is 40.8 Å². The summed E-state index contributed by atoms with van der Waals surface area (Å²) in [4.78, 5) is 22.5. The van der Waals surface area contributed by atoms with Gasteiger partial charge in [-0.05, 0) is 0 Å². The van der Waals surface area contributed by atoms with E-state index in [1.807, 2.05) is 41.5 Å². The summed E-state index contributed by atoms with van der Waals surface area (Å²) in [6, 6.07) is 5.80. The van der Waals surface area contributed by atoms with Crippen molar-refractivity contribution in [2.75, 3.05) is 0 Å². The number of aromatic hydroxyl groups is 2. The van der Waals surface area contributed by atoms with Crippen LogP contribution in [0.4, 0.5) is 50.9 Å². The summed E-state index contributed by atoms with van der Waals surface area (Å²) in [6.07, 6.45) is -13.5. The maximum absolute atomic E-state index is 12.0. The van der Waals surface area contributed by atoms with Gasteiger partial charge in [0.05, 0.1) is 0 Å². The number of nitro benzene ring substituents is 2. The monoisotopic (exact) mass is 818 g/mol. The predicted octanol–water partition coefficient (Wildman–Crippen LogP) is 7.08. The molecule has 2 unspecified atom stereocenters. The van der Waals surface area contributed by atoms with Crippen LogP contribution in [0.2, 0.25) is 0 Å². The Kier molecular flexibility index (Phi) is 12.0. The normalized spacial score (nSPS) is 20.4. The van der Waals surface area contributed by atoms with E-state index in [4.69, 9.17) is 0 Å². The Balaban J connectivity index is 0.000000458. The predicted molar refractivity (Wildman–Crippen MR) is 165 cm³/mol. The zero-order valence-electron chi connectivity index (χ0n) is 28.9. The molecule has 0 radical (unpaired) electrons. The third-order valence-electron chi connectivity index (χ3n) is 8.43. The molecule has 53 heavy (non-hydrogen) atoms. The summed E-state index contributed by atoms with van der Waals surface area (Å²) in [5.41, 5.74) is -6.50. The van der Waals surface area contributed by atoms with E-state index in [0.29, 0.717) is 22.3 Å². The molecule has 2 fully saturated rings. The van der Waals surface area contributed by atoms with Gasteiger partial charge in [-0.2, -0.15) is 26.3 Å². The summed E-state index contributed by atoms with van der Waals surface area (Å²) in [7, 11) is 0. The number of rotatable bonds is 5. The summed E-state index contributed by atoms with van der Waals surface area (Å²) in [6.45, 7) is 11.4. The van der Waals surface area contributed by atoms with E-state index < -0.39 is 44.8 Å². The Morgan fingerprint density at radius 1 is 0.679 bits per heavy atom. The maximum Gasteiger partial charge on any atom is 0.436 e. The third kappa shape index (κ3) is 9.05. The first-order valence-corrected chi connectivity index (χ1v) is 16.6. The van der Waals surface area contributed by atoms with Crippen molar-refractivity contribution in [2.24, 2.45) is 0 Å². The van der Waals surface area contributed by atoms with Gasteiger partial charge < -0.3 is 5.11 Å². The average molecular weight is 819 g/mol. The first-order valence-electron chi connectivity index (χ1n) is 15.6. The molecular formula is C32H36CoF9N4O7+. The minimum absolute atomic E-state index is 0.0173. The minimum Gasteiger partial charge on any atom is -0.795 e. The number of hydrogen-bond donors (Lipinski definition) is 2.